The molecule has 1 fully saturated rings. The Kier molecular flexibility index (Phi) is 7.29. The normalized spacial score (nSPS) is 19.1. The van der Waals surface area contributed by atoms with E-state index in [0.717, 1.165) is 16.6 Å². The minimum atomic E-state index is -0.281. The highest BCUT2D eigenvalue weighted by Gasteiger charge is 2.31. The van der Waals surface area contributed by atoms with Gasteiger partial charge in [0.1, 0.15) is 17.9 Å². The summed E-state index contributed by atoms with van der Waals surface area (Å²) in [7, 11) is 1.40. The van der Waals surface area contributed by atoms with E-state index in [1.165, 1.54) is 18.2 Å². The molecule has 0 spiro atoms. The summed E-state index contributed by atoms with van der Waals surface area (Å²) in [5, 5.41) is 3.13. The van der Waals surface area contributed by atoms with Gasteiger partial charge in [0.25, 0.3) is 0 Å². The number of ether oxygens (including phenoxy) is 2. The van der Waals surface area contributed by atoms with Crippen LogP contribution in [0, 0.1) is 0 Å². The van der Waals surface area contributed by atoms with Crippen LogP contribution >= 0.6 is 28.3 Å². The van der Waals surface area contributed by atoms with Gasteiger partial charge in [-0.15, -0.1) is 12.4 Å². The number of carbonyl (C=O) groups is 1. The quantitative estimate of drug-likeness (QED) is 0.740. The summed E-state index contributed by atoms with van der Waals surface area (Å²) in [5.74, 6) is 0.558. The molecule has 0 bridgehead atoms. The van der Waals surface area contributed by atoms with Crippen molar-refractivity contribution in [2.24, 2.45) is 0 Å². The van der Waals surface area contributed by atoms with Crippen LogP contribution in [0.15, 0.2) is 53.0 Å². The number of esters is 1. The van der Waals surface area contributed by atoms with E-state index in [9.17, 15) is 4.79 Å². The zero-order valence-electron chi connectivity index (χ0n) is 13.9. The first kappa shape index (κ1) is 19.8. The standard InChI is InChI=1S/C19H20BrNO3.ClH/c1-23-19(22)17-11-15(12-21-17)24-18-8-7-14(10-16(18)20)9-13-5-3-2-4-6-13;/h2-8,10,15,17,21H,9,11-12H2,1H3;1H/t15-,17+;/m1./s1. The van der Waals surface area contributed by atoms with Crippen molar-refractivity contribution in [2.45, 2.75) is 25.0 Å². The average Bonchev–Trinajstić information content (AvgIpc) is 3.06. The number of halogens is 2. The molecule has 0 aromatic heterocycles. The van der Waals surface area contributed by atoms with Gasteiger partial charge in [0.2, 0.25) is 0 Å². The lowest BCUT2D eigenvalue weighted by Gasteiger charge is -2.15. The van der Waals surface area contributed by atoms with Crippen LogP contribution in [0.5, 0.6) is 5.75 Å². The van der Waals surface area contributed by atoms with E-state index >= 15 is 0 Å². The molecular weight excluding hydrogens is 406 g/mol. The van der Waals surface area contributed by atoms with Crippen molar-refractivity contribution in [3.05, 3.63) is 64.1 Å². The third-order valence-corrected chi connectivity index (χ3v) is 4.74. The van der Waals surface area contributed by atoms with Crippen LogP contribution in [0.3, 0.4) is 0 Å². The van der Waals surface area contributed by atoms with Crippen LogP contribution < -0.4 is 10.1 Å². The number of nitrogens with one attached hydrogen (secondary N) is 1. The molecule has 3 rings (SSSR count). The fraction of sp³-hybridized carbons (Fsp3) is 0.316. The number of hydrogen-bond acceptors (Lipinski definition) is 4. The maximum Gasteiger partial charge on any atom is 0.323 e. The molecule has 0 amide bonds. The fourth-order valence-corrected chi connectivity index (χ4v) is 3.40. The van der Waals surface area contributed by atoms with Gasteiger partial charge in [-0.25, -0.2) is 0 Å². The molecule has 1 N–H and O–H groups in total. The summed E-state index contributed by atoms with van der Waals surface area (Å²) in [6.07, 6.45) is 1.46. The highest BCUT2D eigenvalue weighted by Crippen LogP contribution is 2.29. The number of methoxy groups -OCH3 is 1. The zero-order chi connectivity index (χ0) is 16.9. The second kappa shape index (κ2) is 9.22. The SMILES string of the molecule is COC(=O)[C@@H]1C[C@@H](Oc2ccc(Cc3ccccc3)cc2Br)CN1.Cl. The predicted molar refractivity (Wildman–Crippen MR) is 103 cm³/mol. The van der Waals surface area contributed by atoms with Gasteiger partial charge in [0.05, 0.1) is 11.6 Å². The first-order valence-electron chi connectivity index (χ1n) is 7.96. The van der Waals surface area contributed by atoms with E-state index in [4.69, 9.17) is 9.47 Å². The summed E-state index contributed by atoms with van der Waals surface area (Å²) in [6.45, 7) is 0.637. The summed E-state index contributed by atoms with van der Waals surface area (Å²) in [4.78, 5) is 11.5. The molecule has 2 aromatic rings. The maximum atomic E-state index is 11.5. The minimum Gasteiger partial charge on any atom is -0.488 e. The first-order valence-corrected chi connectivity index (χ1v) is 8.75. The summed E-state index contributed by atoms with van der Waals surface area (Å²) in [6, 6.07) is 16.2. The molecule has 0 radical (unpaired) electrons. The van der Waals surface area contributed by atoms with Crippen molar-refractivity contribution in [1.29, 1.82) is 0 Å². The maximum absolute atomic E-state index is 11.5. The molecule has 1 heterocycles. The molecule has 0 aliphatic carbocycles. The lowest BCUT2D eigenvalue weighted by molar-refractivity contribution is -0.142. The van der Waals surface area contributed by atoms with Crippen LogP contribution in [0.25, 0.3) is 0 Å². The molecule has 0 saturated carbocycles. The second-order valence-electron chi connectivity index (χ2n) is 5.89. The number of hydrogen-bond donors (Lipinski definition) is 1. The molecule has 1 aliphatic heterocycles. The van der Waals surface area contributed by atoms with Crippen LogP contribution in [-0.4, -0.2) is 31.8 Å². The van der Waals surface area contributed by atoms with Crippen LogP contribution in [0.2, 0.25) is 0 Å². The van der Waals surface area contributed by atoms with Gasteiger partial charge in [-0.2, -0.15) is 0 Å². The number of benzene rings is 2. The Balaban J connectivity index is 0.00000225. The Morgan fingerprint density at radius 2 is 1.96 bits per heavy atom. The van der Waals surface area contributed by atoms with E-state index in [1.807, 2.05) is 24.3 Å². The molecule has 25 heavy (non-hydrogen) atoms. The molecule has 2 aromatic carbocycles. The van der Waals surface area contributed by atoms with E-state index in [2.05, 4.69) is 45.5 Å². The average molecular weight is 427 g/mol. The fourth-order valence-electron chi connectivity index (χ4n) is 2.88. The van der Waals surface area contributed by atoms with E-state index in [1.54, 1.807) is 0 Å². The molecule has 0 unspecified atom stereocenters. The molecular formula is C19H21BrClNO3. The molecule has 1 aliphatic rings. The van der Waals surface area contributed by atoms with Crippen molar-refractivity contribution in [3.63, 3.8) is 0 Å². The Labute approximate surface area is 162 Å². The van der Waals surface area contributed by atoms with Gasteiger partial charge in [0.15, 0.2) is 0 Å². The van der Waals surface area contributed by atoms with Crippen molar-refractivity contribution in [2.75, 3.05) is 13.7 Å². The zero-order valence-corrected chi connectivity index (χ0v) is 16.3. The Bertz CT molecular complexity index is 711. The van der Waals surface area contributed by atoms with Crippen molar-refractivity contribution in [1.82, 2.24) is 5.32 Å². The third kappa shape index (κ3) is 5.21. The van der Waals surface area contributed by atoms with E-state index in [-0.39, 0.29) is 30.5 Å². The first-order chi connectivity index (χ1) is 11.7. The lowest BCUT2D eigenvalue weighted by atomic mass is 10.1. The molecule has 134 valence electrons. The summed E-state index contributed by atoms with van der Waals surface area (Å²) >= 11 is 3.59. The summed E-state index contributed by atoms with van der Waals surface area (Å²) in [5.41, 5.74) is 2.50. The van der Waals surface area contributed by atoms with Crippen LogP contribution in [0.1, 0.15) is 17.5 Å². The van der Waals surface area contributed by atoms with Crippen molar-refractivity contribution < 1.29 is 14.3 Å². The van der Waals surface area contributed by atoms with Gasteiger partial charge < -0.3 is 14.8 Å². The van der Waals surface area contributed by atoms with Gasteiger partial charge in [-0.3, -0.25) is 4.79 Å². The highest BCUT2D eigenvalue weighted by atomic mass is 79.9. The lowest BCUT2D eigenvalue weighted by Crippen LogP contribution is -2.31. The van der Waals surface area contributed by atoms with E-state index in [0.29, 0.717) is 13.0 Å². The molecule has 4 nitrogen and oxygen atoms in total. The van der Waals surface area contributed by atoms with Crippen LogP contribution in [0.4, 0.5) is 0 Å². The Morgan fingerprint density at radius 3 is 2.64 bits per heavy atom. The molecule has 1 saturated heterocycles. The summed E-state index contributed by atoms with van der Waals surface area (Å²) < 4.78 is 11.7. The highest BCUT2D eigenvalue weighted by molar-refractivity contribution is 9.10. The van der Waals surface area contributed by atoms with Crippen LogP contribution in [-0.2, 0) is 16.0 Å². The smallest absolute Gasteiger partial charge is 0.323 e. The second-order valence-corrected chi connectivity index (χ2v) is 6.74. The van der Waals surface area contributed by atoms with Gasteiger partial charge in [0, 0.05) is 13.0 Å². The Morgan fingerprint density at radius 1 is 1.20 bits per heavy atom. The van der Waals surface area contributed by atoms with Crippen molar-refractivity contribution >= 4 is 34.3 Å². The molecule has 2 atom stereocenters. The van der Waals surface area contributed by atoms with Gasteiger partial charge >= 0.3 is 5.97 Å². The van der Waals surface area contributed by atoms with Crippen molar-refractivity contribution in [3.8, 4) is 5.75 Å². The van der Waals surface area contributed by atoms with E-state index < -0.39 is 0 Å². The van der Waals surface area contributed by atoms with Gasteiger partial charge in [-0.05, 0) is 45.6 Å². The van der Waals surface area contributed by atoms with Gasteiger partial charge in [-0.1, -0.05) is 36.4 Å². The Hall–Kier alpha value is -1.56. The largest absolute Gasteiger partial charge is 0.488 e. The monoisotopic (exact) mass is 425 g/mol. The third-order valence-electron chi connectivity index (χ3n) is 4.12. The predicted octanol–water partition coefficient (Wildman–Crippen LogP) is 3.74. The molecule has 6 heteroatoms. The number of carbonyl (C=O) groups excluding carboxylic acids is 1. The number of rotatable bonds is 5. The minimum absolute atomic E-state index is 0. The topological polar surface area (TPSA) is 47.6 Å².